The van der Waals surface area contributed by atoms with Gasteiger partial charge in [-0.3, -0.25) is 32.5 Å². The normalized spacial score (nSPS) is 14.9. The predicted octanol–water partition coefficient (Wildman–Crippen LogP) is 22.6. The van der Waals surface area contributed by atoms with E-state index in [0.29, 0.717) is 19.3 Å². The van der Waals surface area contributed by atoms with Crippen molar-refractivity contribution in [3.8, 4) is 0 Å². The summed E-state index contributed by atoms with van der Waals surface area (Å²) in [6.07, 6.45) is 92.9. The molecule has 0 fully saturated rings. The summed E-state index contributed by atoms with van der Waals surface area (Å²) in [5, 5.41) is 20.6. The van der Waals surface area contributed by atoms with Crippen molar-refractivity contribution >= 4 is 33.6 Å². The topological polar surface area (TPSA) is 231 Å². The summed E-state index contributed by atoms with van der Waals surface area (Å²) in [4.78, 5) is 58.6. The fraction of sp³-hybridized carbons (Fsp3) is 0.651. The van der Waals surface area contributed by atoms with Crippen molar-refractivity contribution in [2.75, 3.05) is 39.6 Å². The van der Waals surface area contributed by atoms with Gasteiger partial charge in [0.05, 0.1) is 26.4 Å². The van der Waals surface area contributed by atoms with Gasteiger partial charge in [-0.2, -0.15) is 0 Å². The third kappa shape index (κ3) is 76.1. The second-order valence-electron chi connectivity index (χ2n) is 25.4. The van der Waals surface area contributed by atoms with Crippen molar-refractivity contribution in [2.45, 2.75) is 309 Å². The summed E-state index contributed by atoms with van der Waals surface area (Å²) in [5.74, 6) is -1.61. The van der Waals surface area contributed by atoms with E-state index < -0.39 is 91.5 Å². The zero-order chi connectivity index (χ0) is 73.7. The molecule has 101 heavy (non-hydrogen) atoms. The molecule has 0 aromatic carbocycles. The van der Waals surface area contributed by atoms with Gasteiger partial charge in [-0.05, 0) is 148 Å². The first-order chi connectivity index (χ1) is 49.2. The van der Waals surface area contributed by atoms with Gasteiger partial charge in [0.1, 0.15) is 25.4 Å². The fourth-order valence-electron chi connectivity index (χ4n) is 9.87. The number of esters is 3. The first kappa shape index (κ1) is 96.2. The highest BCUT2D eigenvalue weighted by Crippen LogP contribution is 2.45. The Morgan fingerprint density at radius 2 is 0.525 bits per heavy atom. The van der Waals surface area contributed by atoms with Crippen LogP contribution in [0.1, 0.15) is 290 Å². The molecule has 576 valence electrons. The molecule has 0 aromatic heterocycles. The van der Waals surface area contributed by atoms with Gasteiger partial charge in [0.2, 0.25) is 0 Å². The van der Waals surface area contributed by atoms with Crippen LogP contribution in [-0.2, 0) is 55.8 Å². The van der Waals surface area contributed by atoms with E-state index in [0.717, 1.165) is 186 Å². The Kier molecular flexibility index (Phi) is 71.3. The number of rotatable bonds is 72. The van der Waals surface area contributed by atoms with E-state index in [9.17, 15) is 43.5 Å². The lowest BCUT2D eigenvalue weighted by atomic mass is 10.1. The molecule has 5 unspecified atom stereocenters. The SMILES string of the molecule is CC/C=C\C/C=C\C/C=C\C/C=C\C/C=C\C/C=C\CCCCCCCCCCC(=O)OCC(O)COP(=O)(O)OCC(O)COP(=O)(O)OCC(COC(=O)CCCCCCCC/C=C\C/C=C\C/C=C\C/C=C\C/C=C\C/C=C\CC)OC(=O)CCCCCCC/C=C\CCCCCC. The molecule has 0 saturated carbocycles. The van der Waals surface area contributed by atoms with Crippen LogP contribution in [0, 0.1) is 0 Å². The molecule has 0 heterocycles. The lowest BCUT2D eigenvalue weighted by Crippen LogP contribution is -2.30. The zero-order valence-corrected chi connectivity index (χ0v) is 64.6. The molecule has 0 bridgehead atoms. The molecule has 0 aliphatic heterocycles. The van der Waals surface area contributed by atoms with Gasteiger partial charge in [-0.15, -0.1) is 0 Å². The van der Waals surface area contributed by atoms with Crippen molar-refractivity contribution in [3.05, 3.63) is 158 Å². The summed E-state index contributed by atoms with van der Waals surface area (Å²) in [6, 6.07) is 0. The molecule has 0 radical (unpaired) electrons. The van der Waals surface area contributed by atoms with E-state index in [-0.39, 0.29) is 19.3 Å². The molecule has 0 saturated heterocycles. The van der Waals surface area contributed by atoms with Crippen LogP contribution < -0.4 is 0 Å². The average Bonchev–Trinajstić information content (AvgIpc) is 0.949. The average molecular weight is 1450 g/mol. The lowest BCUT2D eigenvalue weighted by Gasteiger charge is -2.21. The Bertz CT molecular complexity index is 2470. The van der Waals surface area contributed by atoms with Crippen LogP contribution in [0.15, 0.2) is 158 Å². The minimum absolute atomic E-state index is 0.0865. The van der Waals surface area contributed by atoms with Crippen LogP contribution >= 0.6 is 15.6 Å². The van der Waals surface area contributed by atoms with Gasteiger partial charge in [0, 0.05) is 19.3 Å². The number of hydrogen-bond acceptors (Lipinski definition) is 14. The minimum Gasteiger partial charge on any atom is -0.463 e. The molecule has 0 aromatic rings. The molecule has 0 aliphatic rings. The number of unbranched alkanes of at least 4 members (excludes halogenated alkanes) is 23. The van der Waals surface area contributed by atoms with E-state index in [1.165, 1.54) is 44.9 Å². The van der Waals surface area contributed by atoms with Crippen LogP contribution in [-0.4, -0.2) is 95.9 Å². The third-order valence-corrected chi connectivity index (χ3v) is 17.6. The molecule has 16 nitrogen and oxygen atoms in total. The highest BCUT2D eigenvalue weighted by molar-refractivity contribution is 7.47. The van der Waals surface area contributed by atoms with Gasteiger partial charge >= 0.3 is 33.6 Å². The van der Waals surface area contributed by atoms with Crippen molar-refractivity contribution in [2.24, 2.45) is 0 Å². The summed E-state index contributed by atoms with van der Waals surface area (Å²) < 4.78 is 61.1. The van der Waals surface area contributed by atoms with E-state index >= 15 is 0 Å². The Labute approximate surface area is 612 Å². The second-order valence-corrected chi connectivity index (χ2v) is 28.3. The van der Waals surface area contributed by atoms with E-state index in [1.54, 1.807) is 0 Å². The van der Waals surface area contributed by atoms with E-state index in [1.807, 2.05) is 0 Å². The number of hydrogen-bond donors (Lipinski definition) is 4. The van der Waals surface area contributed by atoms with Crippen molar-refractivity contribution in [3.63, 3.8) is 0 Å². The largest absolute Gasteiger partial charge is 0.472 e. The Balaban J connectivity index is 4.58. The number of aliphatic hydroxyl groups excluding tert-OH is 2. The van der Waals surface area contributed by atoms with Crippen LogP contribution in [0.25, 0.3) is 0 Å². The molecule has 0 amide bonds. The molecule has 0 spiro atoms. The number of phosphoric acid groups is 2. The molecule has 0 rings (SSSR count). The van der Waals surface area contributed by atoms with Crippen molar-refractivity contribution in [1.82, 2.24) is 0 Å². The first-order valence-corrected chi connectivity index (χ1v) is 41.8. The molecular weight excluding hydrogens is 1310 g/mol. The van der Waals surface area contributed by atoms with Crippen LogP contribution in [0.4, 0.5) is 0 Å². The molecule has 18 heteroatoms. The van der Waals surface area contributed by atoms with Crippen LogP contribution in [0.5, 0.6) is 0 Å². The predicted molar refractivity (Wildman–Crippen MR) is 417 cm³/mol. The van der Waals surface area contributed by atoms with E-state index in [4.69, 9.17) is 32.3 Å². The van der Waals surface area contributed by atoms with Crippen molar-refractivity contribution in [1.29, 1.82) is 0 Å². The summed E-state index contributed by atoms with van der Waals surface area (Å²) in [5.41, 5.74) is 0. The fourth-order valence-corrected chi connectivity index (χ4v) is 11.5. The highest BCUT2D eigenvalue weighted by Gasteiger charge is 2.29. The smallest absolute Gasteiger partial charge is 0.463 e. The third-order valence-electron chi connectivity index (χ3n) is 15.7. The maximum Gasteiger partial charge on any atom is 0.472 e. The quantitative estimate of drug-likeness (QED) is 0.0146. The van der Waals surface area contributed by atoms with Crippen LogP contribution in [0.3, 0.4) is 0 Å². The van der Waals surface area contributed by atoms with Gasteiger partial charge in [-0.25, -0.2) is 9.13 Å². The number of phosphoric ester groups is 2. The van der Waals surface area contributed by atoms with Gasteiger partial charge < -0.3 is 34.2 Å². The zero-order valence-electron chi connectivity index (χ0n) is 62.8. The number of carbonyl (C=O) groups is 3. The standard InChI is InChI=1S/C83H138O16P2/c1-4-7-10-13-16-19-22-25-27-29-31-33-35-37-38-40-42-43-45-47-49-52-54-57-60-63-66-69-81(86)93-72-78(84)73-95-100(89,90)96-74-79(85)75-97-101(91,92)98-77-80(99-83(88)71-68-65-62-59-56-51-24-21-18-15-12-9-6-3)76-94-82(87)70-67-64-61-58-55-53-50-48-46-44-41-39-36-34-32-30-28-26-23-20-17-14-11-8-5-2/h7-8,10-11,16-17,19-21,24-28,31-34,37-39,41-43,46,48,78-80,84-85H,4-6,9,12-15,18,22-23,29-30,35-36,40,44-45,47,49-77H2,1-3H3,(H,89,90)(H,91,92)/b10-7-,11-8-,19-16-,20-17-,24-21-,27-25-,28-26-,33-31-,34-32-,38-37-,41-39-,43-42-,48-46-. The molecule has 4 N–H and O–H groups in total. The number of aliphatic hydroxyl groups is 2. The van der Waals surface area contributed by atoms with Gasteiger partial charge in [0.15, 0.2) is 6.10 Å². The maximum atomic E-state index is 12.9. The highest BCUT2D eigenvalue weighted by atomic mass is 31.2. The minimum atomic E-state index is -4.94. The summed E-state index contributed by atoms with van der Waals surface area (Å²) in [7, 11) is -9.80. The van der Waals surface area contributed by atoms with Crippen molar-refractivity contribution < 1.29 is 75.8 Å². The number of allylic oxidation sites excluding steroid dienone is 26. The van der Waals surface area contributed by atoms with Gasteiger partial charge in [-0.1, -0.05) is 281 Å². The van der Waals surface area contributed by atoms with E-state index in [2.05, 4.69) is 179 Å². The first-order valence-electron chi connectivity index (χ1n) is 38.8. The lowest BCUT2D eigenvalue weighted by molar-refractivity contribution is -0.161. The van der Waals surface area contributed by atoms with Crippen LogP contribution in [0.2, 0.25) is 0 Å². The number of carbonyl (C=O) groups excluding carboxylic acids is 3. The Morgan fingerprint density at radius 3 is 0.842 bits per heavy atom. The molecule has 0 aliphatic carbocycles. The monoisotopic (exact) mass is 1450 g/mol. The Hall–Kier alpha value is -4.83. The van der Waals surface area contributed by atoms with Gasteiger partial charge in [0.25, 0.3) is 0 Å². The number of ether oxygens (including phenoxy) is 3. The molecule has 5 atom stereocenters. The summed E-state index contributed by atoms with van der Waals surface area (Å²) >= 11 is 0. The molecular formula is C83H138O16P2. The summed E-state index contributed by atoms with van der Waals surface area (Å²) in [6.45, 7) is 2.39. The Morgan fingerprint density at radius 1 is 0.287 bits per heavy atom. The second kappa shape index (κ2) is 74.9. The maximum absolute atomic E-state index is 12.9.